The first-order valence-corrected chi connectivity index (χ1v) is 10.9. The molecule has 1 atom stereocenters. The second-order valence-corrected chi connectivity index (χ2v) is 8.64. The second kappa shape index (κ2) is 8.66. The molecule has 29 heavy (non-hydrogen) atoms. The molecule has 2 aliphatic heterocycles. The minimum absolute atomic E-state index is 0.0328. The van der Waals surface area contributed by atoms with Crippen LogP contribution in [0.1, 0.15) is 54.6 Å². The number of nitrogens with zero attached hydrogens (tertiary/aromatic N) is 2. The molecule has 0 unspecified atom stereocenters. The van der Waals surface area contributed by atoms with E-state index in [1.165, 1.54) is 12.8 Å². The molecule has 0 spiro atoms. The van der Waals surface area contributed by atoms with E-state index in [9.17, 15) is 4.79 Å². The van der Waals surface area contributed by atoms with Crippen molar-refractivity contribution in [1.82, 2.24) is 4.90 Å². The van der Waals surface area contributed by atoms with E-state index >= 15 is 0 Å². The van der Waals surface area contributed by atoms with Gasteiger partial charge in [0.25, 0.3) is 5.91 Å². The lowest BCUT2D eigenvalue weighted by Gasteiger charge is -2.33. The minimum atomic E-state index is 0.0328. The normalized spacial score (nSPS) is 20.2. The highest BCUT2D eigenvalue weighted by Gasteiger charge is 2.32. The molecule has 4 nitrogen and oxygen atoms in total. The van der Waals surface area contributed by atoms with Crippen molar-refractivity contribution < 1.29 is 9.53 Å². The molecule has 5 heteroatoms. The van der Waals surface area contributed by atoms with E-state index in [1.54, 1.807) is 7.11 Å². The average molecular weight is 413 g/mol. The lowest BCUT2D eigenvalue weighted by atomic mass is 9.98. The van der Waals surface area contributed by atoms with E-state index in [0.717, 1.165) is 60.4 Å². The van der Waals surface area contributed by atoms with Gasteiger partial charge in [0.2, 0.25) is 0 Å². The van der Waals surface area contributed by atoms with Gasteiger partial charge < -0.3 is 14.5 Å². The topological polar surface area (TPSA) is 32.8 Å². The first-order chi connectivity index (χ1) is 14.1. The number of piperidine rings is 1. The van der Waals surface area contributed by atoms with Gasteiger partial charge in [0.1, 0.15) is 5.75 Å². The molecule has 2 aromatic carbocycles. The van der Waals surface area contributed by atoms with Crippen LogP contribution < -0.4 is 9.64 Å². The van der Waals surface area contributed by atoms with E-state index in [1.807, 2.05) is 47.4 Å². The Morgan fingerprint density at radius 2 is 1.83 bits per heavy atom. The zero-order valence-corrected chi connectivity index (χ0v) is 18.0. The third kappa shape index (κ3) is 4.09. The molecule has 4 rings (SSSR count). The van der Waals surface area contributed by atoms with Crippen LogP contribution in [-0.4, -0.2) is 37.6 Å². The van der Waals surface area contributed by atoms with Crippen LogP contribution in [0.2, 0.25) is 5.02 Å². The maximum atomic E-state index is 13.4. The highest BCUT2D eigenvalue weighted by molar-refractivity contribution is 6.31. The summed E-state index contributed by atoms with van der Waals surface area (Å²) in [6.07, 6.45) is 4.31. The number of ether oxygens (including phenoxy) is 1. The Labute approximate surface area is 178 Å². The van der Waals surface area contributed by atoms with Crippen molar-refractivity contribution in [1.29, 1.82) is 0 Å². The SMILES string of the molecule is COc1cc(C(=O)N2CCC[C@@H]2c2ccccc2Cl)ccc1N1CCC(C)CC1. The molecule has 1 amide bonds. The van der Waals surface area contributed by atoms with Gasteiger partial charge in [-0.25, -0.2) is 0 Å². The molecule has 0 aromatic heterocycles. The summed E-state index contributed by atoms with van der Waals surface area (Å²) in [7, 11) is 1.68. The van der Waals surface area contributed by atoms with Crippen LogP contribution in [-0.2, 0) is 0 Å². The Hall–Kier alpha value is -2.20. The number of hydrogen-bond donors (Lipinski definition) is 0. The van der Waals surface area contributed by atoms with E-state index in [-0.39, 0.29) is 11.9 Å². The average Bonchev–Trinajstić information content (AvgIpc) is 3.23. The number of amides is 1. The number of carbonyl (C=O) groups excluding carboxylic acids is 1. The molecular weight excluding hydrogens is 384 g/mol. The number of methoxy groups -OCH3 is 1. The number of benzene rings is 2. The van der Waals surface area contributed by atoms with Crippen molar-refractivity contribution in [2.45, 2.75) is 38.6 Å². The smallest absolute Gasteiger partial charge is 0.254 e. The molecule has 0 bridgehead atoms. The lowest BCUT2D eigenvalue weighted by Crippen LogP contribution is -2.33. The second-order valence-electron chi connectivity index (χ2n) is 8.23. The Bertz CT molecular complexity index is 877. The number of hydrogen-bond acceptors (Lipinski definition) is 3. The molecule has 0 radical (unpaired) electrons. The summed E-state index contributed by atoms with van der Waals surface area (Å²) in [6.45, 7) is 5.13. The maximum Gasteiger partial charge on any atom is 0.254 e. The first kappa shape index (κ1) is 20.1. The molecule has 0 aliphatic carbocycles. The summed E-state index contributed by atoms with van der Waals surface area (Å²) in [5.41, 5.74) is 2.79. The third-order valence-electron chi connectivity index (χ3n) is 6.33. The summed E-state index contributed by atoms with van der Waals surface area (Å²) in [5, 5.41) is 0.726. The largest absolute Gasteiger partial charge is 0.495 e. The van der Waals surface area contributed by atoms with E-state index in [2.05, 4.69) is 11.8 Å². The van der Waals surface area contributed by atoms with E-state index < -0.39 is 0 Å². The van der Waals surface area contributed by atoms with Crippen LogP contribution >= 0.6 is 11.6 Å². The van der Waals surface area contributed by atoms with Gasteiger partial charge in [0.05, 0.1) is 18.8 Å². The molecule has 0 saturated carbocycles. The van der Waals surface area contributed by atoms with Gasteiger partial charge in [-0.3, -0.25) is 4.79 Å². The first-order valence-electron chi connectivity index (χ1n) is 10.6. The molecule has 2 heterocycles. The predicted octanol–water partition coefficient (Wildman–Crippen LogP) is 5.56. The highest BCUT2D eigenvalue weighted by Crippen LogP contribution is 2.38. The van der Waals surface area contributed by atoms with Crippen molar-refractivity contribution in [3.63, 3.8) is 0 Å². The fraction of sp³-hybridized carbons (Fsp3) is 0.458. The van der Waals surface area contributed by atoms with Gasteiger partial charge in [-0.2, -0.15) is 0 Å². The predicted molar refractivity (Wildman–Crippen MR) is 118 cm³/mol. The van der Waals surface area contributed by atoms with Gasteiger partial charge in [-0.15, -0.1) is 0 Å². The molecule has 2 saturated heterocycles. The summed E-state index contributed by atoms with van der Waals surface area (Å²) < 4.78 is 5.68. The summed E-state index contributed by atoms with van der Waals surface area (Å²) >= 11 is 6.42. The Kier molecular flexibility index (Phi) is 6.00. The Morgan fingerprint density at radius 3 is 2.55 bits per heavy atom. The van der Waals surface area contributed by atoms with E-state index in [0.29, 0.717) is 5.56 Å². The van der Waals surface area contributed by atoms with Crippen molar-refractivity contribution >= 4 is 23.2 Å². The van der Waals surface area contributed by atoms with E-state index in [4.69, 9.17) is 16.3 Å². The molecular formula is C24H29ClN2O2. The van der Waals surface area contributed by atoms with Crippen LogP contribution in [0.4, 0.5) is 5.69 Å². The van der Waals surface area contributed by atoms with Crippen molar-refractivity contribution in [3.8, 4) is 5.75 Å². The highest BCUT2D eigenvalue weighted by atomic mass is 35.5. The molecule has 154 valence electrons. The summed E-state index contributed by atoms with van der Waals surface area (Å²) in [5.74, 6) is 1.60. The van der Waals surface area contributed by atoms with Gasteiger partial charge in [0.15, 0.2) is 0 Å². The molecule has 0 N–H and O–H groups in total. The van der Waals surface area contributed by atoms with Gasteiger partial charge in [-0.05, 0) is 61.4 Å². The van der Waals surface area contributed by atoms with Crippen LogP contribution in [0.15, 0.2) is 42.5 Å². The van der Waals surface area contributed by atoms with Gasteiger partial charge in [0, 0.05) is 30.2 Å². The maximum absolute atomic E-state index is 13.4. The van der Waals surface area contributed by atoms with Gasteiger partial charge >= 0.3 is 0 Å². The van der Waals surface area contributed by atoms with Crippen LogP contribution in [0.5, 0.6) is 5.75 Å². The third-order valence-corrected chi connectivity index (χ3v) is 6.67. The Balaban J connectivity index is 1.57. The number of halogens is 1. The molecule has 2 aliphatic rings. The van der Waals surface area contributed by atoms with Crippen molar-refractivity contribution in [2.24, 2.45) is 5.92 Å². The molecule has 2 fully saturated rings. The summed E-state index contributed by atoms with van der Waals surface area (Å²) in [4.78, 5) is 17.7. The zero-order valence-electron chi connectivity index (χ0n) is 17.2. The van der Waals surface area contributed by atoms with Crippen LogP contribution in [0.25, 0.3) is 0 Å². The standard InChI is InChI=1S/C24H29ClN2O2/c1-17-11-14-26(15-12-17)22-10-9-18(16-23(22)29-2)24(28)27-13-5-8-21(27)19-6-3-4-7-20(19)25/h3-4,6-7,9-10,16-17,21H,5,8,11-15H2,1-2H3/t21-/m1/s1. The van der Waals surface area contributed by atoms with Crippen LogP contribution in [0.3, 0.4) is 0 Å². The number of anilines is 1. The van der Waals surface area contributed by atoms with Gasteiger partial charge in [-0.1, -0.05) is 36.7 Å². The van der Waals surface area contributed by atoms with Crippen LogP contribution in [0, 0.1) is 5.92 Å². The Morgan fingerprint density at radius 1 is 1.07 bits per heavy atom. The number of carbonyl (C=O) groups is 1. The fourth-order valence-electron chi connectivity index (χ4n) is 4.57. The number of likely N-dealkylation sites (tertiary alicyclic amines) is 1. The minimum Gasteiger partial charge on any atom is -0.495 e. The molecule has 2 aromatic rings. The van der Waals surface area contributed by atoms with Crippen molar-refractivity contribution in [3.05, 3.63) is 58.6 Å². The quantitative estimate of drug-likeness (QED) is 0.658. The fourth-order valence-corrected chi connectivity index (χ4v) is 4.83. The van der Waals surface area contributed by atoms with Crippen molar-refractivity contribution in [2.75, 3.05) is 31.6 Å². The summed E-state index contributed by atoms with van der Waals surface area (Å²) in [6, 6.07) is 13.8. The number of rotatable bonds is 4. The monoisotopic (exact) mass is 412 g/mol. The zero-order chi connectivity index (χ0) is 20.4. The lowest BCUT2D eigenvalue weighted by molar-refractivity contribution is 0.0735.